The Hall–Kier alpha value is -1.66. The van der Waals surface area contributed by atoms with Crippen LogP contribution in [0.3, 0.4) is 0 Å². The number of ether oxygens (including phenoxy) is 1. The van der Waals surface area contributed by atoms with E-state index in [2.05, 4.69) is 5.10 Å². The van der Waals surface area contributed by atoms with Gasteiger partial charge in [-0.25, -0.2) is 4.79 Å². The highest BCUT2D eigenvalue weighted by Crippen LogP contribution is 2.38. The van der Waals surface area contributed by atoms with Gasteiger partial charge in [0.25, 0.3) is 0 Å². The monoisotopic (exact) mass is 312 g/mol. The summed E-state index contributed by atoms with van der Waals surface area (Å²) >= 11 is 7.71. The lowest BCUT2D eigenvalue weighted by Crippen LogP contribution is -1.99. The van der Waals surface area contributed by atoms with Crippen molar-refractivity contribution in [3.63, 3.8) is 0 Å². The lowest BCUT2D eigenvalue weighted by atomic mass is 10.1. The smallest absolute Gasteiger partial charge is 0.356 e. The molecule has 0 spiro atoms. The highest BCUT2D eigenvalue weighted by molar-refractivity contribution is 7.98. The number of aromatic nitrogens is 2. The zero-order valence-corrected chi connectivity index (χ0v) is 12.7. The zero-order chi connectivity index (χ0) is 14.9. The first kappa shape index (κ1) is 14.7. The van der Waals surface area contributed by atoms with Gasteiger partial charge in [0, 0.05) is 12.6 Å². The second kappa shape index (κ2) is 5.76. The average molecular weight is 313 g/mol. The zero-order valence-electron chi connectivity index (χ0n) is 11.2. The maximum atomic E-state index is 11.0. The van der Waals surface area contributed by atoms with E-state index in [1.807, 2.05) is 12.3 Å². The minimum Gasteiger partial charge on any atom is -0.494 e. The van der Waals surface area contributed by atoms with Gasteiger partial charge in [0.15, 0.2) is 11.4 Å². The molecule has 0 aliphatic carbocycles. The molecule has 1 aromatic carbocycles. The number of carboxylic acid groups (broad SMARTS) is 1. The summed E-state index contributed by atoms with van der Waals surface area (Å²) < 4.78 is 6.78. The van der Waals surface area contributed by atoms with Gasteiger partial charge in [-0.05, 0) is 24.5 Å². The van der Waals surface area contributed by atoms with Crippen LogP contribution < -0.4 is 4.74 Å². The van der Waals surface area contributed by atoms with Crippen molar-refractivity contribution >= 4 is 29.3 Å². The van der Waals surface area contributed by atoms with Gasteiger partial charge in [-0.3, -0.25) is 4.68 Å². The Balaban J connectivity index is 2.58. The largest absolute Gasteiger partial charge is 0.494 e. The molecule has 5 nitrogen and oxygen atoms in total. The molecule has 0 amide bonds. The molecule has 0 saturated heterocycles. The van der Waals surface area contributed by atoms with Crippen molar-refractivity contribution in [2.45, 2.75) is 4.90 Å². The second-order valence-electron chi connectivity index (χ2n) is 4.04. The highest BCUT2D eigenvalue weighted by atomic mass is 35.5. The van der Waals surface area contributed by atoms with Crippen molar-refractivity contribution in [2.75, 3.05) is 13.4 Å². The predicted molar refractivity (Wildman–Crippen MR) is 78.9 cm³/mol. The fourth-order valence-corrected chi connectivity index (χ4v) is 2.88. The van der Waals surface area contributed by atoms with Crippen LogP contribution in [0, 0.1) is 0 Å². The molecule has 7 heteroatoms. The molecular weight excluding hydrogens is 300 g/mol. The lowest BCUT2D eigenvalue weighted by molar-refractivity contribution is 0.0689. The van der Waals surface area contributed by atoms with E-state index in [4.69, 9.17) is 21.4 Å². The molecule has 0 aliphatic rings. The molecule has 1 N–H and O–H groups in total. The van der Waals surface area contributed by atoms with Gasteiger partial charge in [0.05, 0.1) is 22.7 Å². The Morgan fingerprint density at radius 1 is 1.45 bits per heavy atom. The molecular formula is C13H13ClN2O3S. The Labute approximate surface area is 125 Å². The molecule has 0 atom stereocenters. The van der Waals surface area contributed by atoms with Crippen molar-refractivity contribution < 1.29 is 14.6 Å². The fourth-order valence-electron chi connectivity index (χ4n) is 1.91. The summed E-state index contributed by atoms with van der Waals surface area (Å²) in [6.07, 6.45) is 1.92. The molecule has 2 rings (SSSR count). The molecule has 0 unspecified atom stereocenters. The first-order valence-corrected chi connectivity index (χ1v) is 7.27. The van der Waals surface area contributed by atoms with Gasteiger partial charge < -0.3 is 9.84 Å². The van der Waals surface area contributed by atoms with E-state index in [9.17, 15) is 4.79 Å². The number of carboxylic acids is 1. The Morgan fingerprint density at radius 3 is 2.65 bits per heavy atom. The minimum atomic E-state index is -1.06. The number of nitrogens with zero attached hydrogens (tertiary/aromatic N) is 2. The van der Waals surface area contributed by atoms with E-state index in [-0.39, 0.29) is 5.69 Å². The second-order valence-corrected chi connectivity index (χ2v) is 5.29. The quantitative estimate of drug-likeness (QED) is 0.878. The number of methoxy groups -OCH3 is 1. The van der Waals surface area contributed by atoms with Gasteiger partial charge in [0.2, 0.25) is 0 Å². The molecule has 0 radical (unpaired) electrons. The third-order valence-electron chi connectivity index (χ3n) is 2.83. The highest BCUT2D eigenvalue weighted by Gasteiger charge is 2.16. The molecule has 0 fully saturated rings. The van der Waals surface area contributed by atoms with Crippen molar-refractivity contribution in [2.24, 2.45) is 7.05 Å². The first-order valence-electron chi connectivity index (χ1n) is 5.67. The predicted octanol–water partition coefficient (Wildman–Crippen LogP) is 3.17. The van der Waals surface area contributed by atoms with Gasteiger partial charge in [0.1, 0.15) is 0 Å². The van der Waals surface area contributed by atoms with Crippen molar-refractivity contribution in [1.82, 2.24) is 9.78 Å². The number of thioether (sulfide) groups is 1. The summed E-state index contributed by atoms with van der Waals surface area (Å²) in [5, 5.41) is 13.4. The van der Waals surface area contributed by atoms with Crippen LogP contribution in [0.4, 0.5) is 0 Å². The number of hydrogen-bond acceptors (Lipinski definition) is 4. The summed E-state index contributed by atoms with van der Waals surface area (Å²) in [5.74, 6) is -0.444. The molecule has 1 aromatic heterocycles. The summed E-state index contributed by atoms with van der Waals surface area (Å²) in [4.78, 5) is 11.8. The van der Waals surface area contributed by atoms with E-state index < -0.39 is 5.97 Å². The van der Waals surface area contributed by atoms with E-state index >= 15 is 0 Å². The van der Waals surface area contributed by atoms with Crippen molar-refractivity contribution in [3.8, 4) is 17.0 Å². The fraction of sp³-hybridized carbons (Fsp3) is 0.231. The first-order chi connectivity index (χ1) is 9.47. The topological polar surface area (TPSA) is 64.3 Å². The van der Waals surface area contributed by atoms with Crippen LogP contribution in [0.1, 0.15) is 10.5 Å². The maximum Gasteiger partial charge on any atom is 0.356 e. The minimum absolute atomic E-state index is 0.000132. The third-order valence-corrected chi connectivity index (χ3v) is 3.85. The van der Waals surface area contributed by atoms with Gasteiger partial charge in [-0.2, -0.15) is 5.10 Å². The van der Waals surface area contributed by atoms with Gasteiger partial charge in [-0.1, -0.05) is 11.6 Å². The van der Waals surface area contributed by atoms with Crippen LogP contribution in [0.15, 0.2) is 23.1 Å². The normalized spacial score (nSPS) is 10.6. The summed E-state index contributed by atoms with van der Waals surface area (Å²) in [7, 11) is 3.26. The molecule has 2 aromatic rings. The Bertz CT molecular complexity index is 670. The molecule has 0 bridgehead atoms. The van der Waals surface area contributed by atoms with Crippen LogP contribution >= 0.6 is 23.4 Å². The van der Waals surface area contributed by atoms with Gasteiger partial charge in [-0.15, -0.1) is 11.8 Å². The SMILES string of the molecule is COc1c(Cl)cc(-c2cc(C(=O)O)nn2C)cc1SC. The number of aryl methyl sites for hydroxylation is 1. The number of halogens is 1. The van der Waals surface area contributed by atoms with E-state index in [0.717, 1.165) is 10.5 Å². The Kier molecular flexibility index (Phi) is 4.25. The van der Waals surface area contributed by atoms with Crippen LogP contribution in [-0.2, 0) is 7.05 Å². The summed E-state index contributed by atoms with van der Waals surface area (Å²) in [5.41, 5.74) is 1.48. The lowest BCUT2D eigenvalue weighted by Gasteiger charge is -2.11. The standard InChI is InChI=1S/C13H13ClN2O3S/c1-16-10(6-9(15-16)13(17)18)7-4-8(14)12(19-2)11(5-7)20-3/h4-6H,1-3H3,(H,17,18). The van der Waals surface area contributed by atoms with Crippen molar-refractivity contribution in [1.29, 1.82) is 0 Å². The van der Waals surface area contributed by atoms with E-state index in [0.29, 0.717) is 16.5 Å². The maximum absolute atomic E-state index is 11.0. The van der Waals surface area contributed by atoms with Crippen LogP contribution in [0.5, 0.6) is 5.75 Å². The number of hydrogen-bond donors (Lipinski definition) is 1. The van der Waals surface area contributed by atoms with Crippen LogP contribution in [-0.4, -0.2) is 34.2 Å². The molecule has 0 aliphatic heterocycles. The molecule has 0 saturated carbocycles. The van der Waals surface area contributed by atoms with Crippen molar-refractivity contribution in [3.05, 3.63) is 28.9 Å². The third kappa shape index (κ3) is 2.62. The number of aromatic carboxylic acids is 1. The Morgan fingerprint density at radius 2 is 2.15 bits per heavy atom. The summed E-state index contributed by atoms with van der Waals surface area (Å²) in [6.45, 7) is 0. The van der Waals surface area contributed by atoms with Crippen LogP contribution in [0.25, 0.3) is 11.3 Å². The number of carbonyl (C=O) groups is 1. The average Bonchev–Trinajstić information content (AvgIpc) is 2.80. The molecule has 20 heavy (non-hydrogen) atoms. The summed E-state index contributed by atoms with van der Waals surface area (Å²) in [6, 6.07) is 5.16. The van der Waals surface area contributed by atoms with E-state index in [1.165, 1.54) is 22.5 Å². The number of rotatable bonds is 4. The molecule has 1 heterocycles. The van der Waals surface area contributed by atoms with Gasteiger partial charge >= 0.3 is 5.97 Å². The van der Waals surface area contributed by atoms with E-state index in [1.54, 1.807) is 20.2 Å². The molecule has 106 valence electrons. The number of benzene rings is 1. The van der Waals surface area contributed by atoms with Crippen LogP contribution in [0.2, 0.25) is 5.02 Å².